The molecule has 7 nitrogen and oxygen atoms in total. The fourth-order valence-electron chi connectivity index (χ4n) is 3.64. The van der Waals surface area contributed by atoms with E-state index in [4.69, 9.17) is 29.7 Å². The SMILES string of the molecule is [B]C1CN(C)CC(COP(=O)(N(C)C)N2CC([B])OC(CC(C)(C)C)C2)O1. The van der Waals surface area contributed by atoms with E-state index in [2.05, 4.69) is 25.7 Å². The Bertz CT molecular complexity index is 525. The van der Waals surface area contributed by atoms with E-state index in [-0.39, 0.29) is 30.2 Å². The minimum Gasteiger partial charge on any atom is -0.382 e. The lowest BCUT2D eigenvalue weighted by molar-refractivity contribution is -0.0675. The molecule has 0 spiro atoms. The van der Waals surface area contributed by atoms with E-state index in [1.165, 1.54) is 0 Å². The number of nitrogens with zero attached hydrogens (tertiary/aromatic N) is 3. The molecule has 2 aliphatic rings. The molecule has 10 heteroatoms. The molecule has 0 N–H and O–H groups in total. The second kappa shape index (κ2) is 9.29. The normalized spacial score (nSPS) is 33.9. The highest BCUT2D eigenvalue weighted by molar-refractivity contribution is 7.53. The van der Waals surface area contributed by atoms with Crippen LogP contribution in [0.2, 0.25) is 0 Å². The molecule has 0 aromatic carbocycles. The van der Waals surface area contributed by atoms with Crippen molar-refractivity contribution in [3.63, 3.8) is 0 Å². The third kappa shape index (κ3) is 6.84. The van der Waals surface area contributed by atoms with Crippen LogP contribution in [0.5, 0.6) is 0 Å². The Morgan fingerprint density at radius 3 is 2.22 bits per heavy atom. The van der Waals surface area contributed by atoms with Gasteiger partial charge in [-0.25, -0.2) is 9.34 Å². The van der Waals surface area contributed by atoms with E-state index in [0.29, 0.717) is 26.2 Å². The quantitative estimate of drug-likeness (QED) is 0.492. The fourth-order valence-corrected chi connectivity index (χ4v) is 5.65. The lowest BCUT2D eigenvalue weighted by Crippen LogP contribution is -2.50. The molecule has 0 aromatic heterocycles. The predicted molar refractivity (Wildman–Crippen MR) is 109 cm³/mol. The smallest absolute Gasteiger partial charge is 0.345 e. The van der Waals surface area contributed by atoms with Gasteiger partial charge in [0.1, 0.15) is 15.7 Å². The first-order valence-electron chi connectivity index (χ1n) is 9.57. The van der Waals surface area contributed by atoms with E-state index < -0.39 is 13.7 Å². The van der Waals surface area contributed by atoms with E-state index in [1.807, 2.05) is 11.7 Å². The zero-order chi connectivity index (χ0) is 20.4. The van der Waals surface area contributed by atoms with Gasteiger partial charge >= 0.3 is 7.67 Å². The predicted octanol–water partition coefficient (Wildman–Crippen LogP) is 1.13. The number of hydrogen-bond acceptors (Lipinski definition) is 5. The second-order valence-corrected chi connectivity index (χ2v) is 11.7. The Balaban J connectivity index is 2.06. The Labute approximate surface area is 167 Å². The third-order valence-electron chi connectivity index (χ3n) is 4.68. The summed E-state index contributed by atoms with van der Waals surface area (Å²) in [6, 6.07) is -0.850. The minimum atomic E-state index is -3.25. The fraction of sp³-hybridized carbons (Fsp3) is 1.00. The number of morpholine rings is 2. The molecule has 4 radical (unpaired) electrons. The third-order valence-corrected chi connectivity index (χ3v) is 7.22. The van der Waals surface area contributed by atoms with Crippen LogP contribution in [0.3, 0.4) is 0 Å². The first-order chi connectivity index (χ1) is 12.4. The van der Waals surface area contributed by atoms with Crippen molar-refractivity contribution < 1.29 is 18.6 Å². The molecule has 2 rings (SSSR count). The highest BCUT2D eigenvalue weighted by atomic mass is 31.2. The van der Waals surface area contributed by atoms with Gasteiger partial charge in [-0.15, -0.1) is 0 Å². The van der Waals surface area contributed by atoms with Crippen molar-refractivity contribution in [2.24, 2.45) is 5.41 Å². The van der Waals surface area contributed by atoms with Gasteiger partial charge in [0.15, 0.2) is 0 Å². The maximum atomic E-state index is 13.7. The van der Waals surface area contributed by atoms with Gasteiger partial charge in [0.05, 0.1) is 18.8 Å². The topological polar surface area (TPSA) is 54.5 Å². The molecular formula is C17H34B2N3O4P. The Morgan fingerprint density at radius 1 is 1.07 bits per heavy atom. The molecule has 0 aliphatic carbocycles. The molecule has 2 aliphatic heterocycles. The van der Waals surface area contributed by atoms with Gasteiger partial charge in [-0.05, 0) is 33.0 Å². The van der Waals surface area contributed by atoms with Crippen LogP contribution >= 0.6 is 7.67 Å². The van der Waals surface area contributed by atoms with Crippen LogP contribution in [0.15, 0.2) is 0 Å². The zero-order valence-electron chi connectivity index (χ0n) is 17.6. The summed E-state index contributed by atoms with van der Waals surface area (Å²) >= 11 is 0. The highest BCUT2D eigenvalue weighted by Crippen LogP contribution is 2.54. The summed E-state index contributed by atoms with van der Waals surface area (Å²) < 4.78 is 34.8. The number of hydrogen-bond donors (Lipinski definition) is 0. The van der Waals surface area contributed by atoms with Gasteiger partial charge in [0.2, 0.25) is 0 Å². The molecule has 2 saturated heterocycles. The standard InChI is InChI=1S/C17H34B2N3O4P/c1-17(2,3)7-13-9-22(11-16(19)25-13)27(23,20(4)5)24-12-14-8-21(6)10-15(18)26-14/h13-16H,7-12H2,1-6H3. The molecule has 0 amide bonds. The van der Waals surface area contributed by atoms with Crippen LogP contribution in [0.25, 0.3) is 0 Å². The number of ether oxygens (including phenoxy) is 2. The first kappa shape index (κ1) is 23.4. The van der Waals surface area contributed by atoms with Crippen molar-refractivity contribution in [3.05, 3.63) is 0 Å². The minimum absolute atomic E-state index is 0.0869. The first-order valence-corrected chi connectivity index (χ1v) is 11.1. The van der Waals surface area contributed by atoms with Crippen LogP contribution in [0.1, 0.15) is 27.2 Å². The highest BCUT2D eigenvalue weighted by Gasteiger charge is 2.41. The van der Waals surface area contributed by atoms with E-state index >= 15 is 0 Å². The maximum absolute atomic E-state index is 13.7. The summed E-state index contributed by atoms with van der Waals surface area (Å²) in [6.07, 6.45) is 0.527. The van der Waals surface area contributed by atoms with Crippen LogP contribution in [-0.2, 0) is 18.6 Å². The summed E-state index contributed by atoms with van der Waals surface area (Å²) in [5.41, 5.74) is 0.0903. The van der Waals surface area contributed by atoms with E-state index in [9.17, 15) is 4.57 Å². The number of likely N-dealkylation sites (N-methyl/N-ethyl adjacent to an activating group) is 1. The van der Waals surface area contributed by atoms with Crippen molar-refractivity contribution in [3.8, 4) is 0 Å². The molecule has 5 unspecified atom stereocenters. The molecule has 2 heterocycles. The molecule has 27 heavy (non-hydrogen) atoms. The summed E-state index contributed by atoms with van der Waals surface area (Å²) in [7, 11) is 14.3. The second-order valence-electron chi connectivity index (χ2n) is 9.08. The van der Waals surface area contributed by atoms with E-state index in [1.54, 1.807) is 18.8 Å². The van der Waals surface area contributed by atoms with Crippen molar-refractivity contribution >= 4 is 23.4 Å². The molecule has 0 saturated carbocycles. The average Bonchev–Trinajstić information content (AvgIpc) is 2.49. The lowest BCUT2D eigenvalue weighted by atomic mass is 9.88. The van der Waals surface area contributed by atoms with Gasteiger partial charge in [-0.1, -0.05) is 20.8 Å². The van der Waals surface area contributed by atoms with Crippen LogP contribution in [0.4, 0.5) is 0 Å². The summed E-state index contributed by atoms with van der Waals surface area (Å²) in [6.45, 7) is 8.93. The molecule has 5 atom stereocenters. The van der Waals surface area contributed by atoms with Gasteiger partial charge in [-0.2, -0.15) is 0 Å². The van der Waals surface area contributed by atoms with Gasteiger partial charge < -0.3 is 18.9 Å². The van der Waals surface area contributed by atoms with Crippen molar-refractivity contribution in [2.75, 3.05) is 53.9 Å². The summed E-state index contributed by atoms with van der Waals surface area (Å²) in [5.74, 6) is 0. The van der Waals surface area contributed by atoms with Gasteiger partial charge in [0.25, 0.3) is 0 Å². The van der Waals surface area contributed by atoms with Crippen molar-refractivity contribution in [1.29, 1.82) is 0 Å². The van der Waals surface area contributed by atoms with Crippen molar-refractivity contribution in [1.82, 2.24) is 14.2 Å². The molecule has 0 bridgehead atoms. The van der Waals surface area contributed by atoms with Crippen LogP contribution in [-0.4, -0.2) is 108 Å². The Hall–Kier alpha value is 0.120. The van der Waals surface area contributed by atoms with Crippen LogP contribution in [0, 0.1) is 5.41 Å². The van der Waals surface area contributed by atoms with Gasteiger partial charge in [-0.3, -0.25) is 4.57 Å². The summed E-state index contributed by atoms with van der Waals surface area (Å²) in [4.78, 5) is 2.09. The Morgan fingerprint density at radius 2 is 1.67 bits per heavy atom. The van der Waals surface area contributed by atoms with Crippen LogP contribution < -0.4 is 0 Å². The molecular weight excluding hydrogens is 363 g/mol. The van der Waals surface area contributed by atoms with Gasteiger partial charge in [0, 0.05) is 38.2 Å². The average molecular weight is 397 g/mol. The molecule has 152 valence electrons. The maximum Gasteiger partial charge on any atom is 0.345 e. The molecule has 2 fully saturated rings. The van der Waals surface area contributed by atoms with E-state index in [0.717, 1.165) is 6.42 Å². The lowest BCUT2D eigenvalue weighted by Gasteiger charge is -2.44. The summed E-state index contributed by atoms with van der Waals surface area (Å²) in [5, 5.41) is 0. The monoisotopic (exact) mass is 397 g/mol. The largest absolute Gasteiger partial charge is 0.382 e. The zero-order valence-corrected chi connectivity index (χ0v) is 18.5. The Kier molecular flexibility index (Phi) is 8.05. The number of rotatable bonds is 6. The molecule has 0 aromatic rings. The van der Waals surface area contributed by atoms with Crippen molar-refractivity contribution in [2.45, 2.75) is 51.4 Å².